The molecule has 0 radical (unpaired) electrons. The summed E-state index contributed by atoms with van der Waals surface area (Å²) in [5, 5.41) is 3.35. The van der Waals surface area contributed by atoms with E-state index in [4.69, 9.17) is 0 Å². The zero-order valence-corrected chi connectivity index (χ0v) is 12.0. The van der Waals surface area contributed by atoms with E-state index < -0.39 is 0 Å². The average molecular weight is 252 g/mol. The smallest absolute Gasteiger partial charge is 0.126 e. The quantitative estimate of drug-likeness (QED) is 0.751. The Kier molecular flexibility index (Phi) is 6.30. The van der Waals surface area contributed by atoms with Gasteiger partial charge in [0.25, 0.3) is 0 Å². The molecule has 1 N–H and O–H groups in total. The Morgan fingerprint density at radius 2 is 2.11 bits per heavy atom. The van der Waals surface area contributed by atoms with E-state index in [9.17, 15) is 4.39 Å². The van der Waals surface area contributed by atoms with Crippen LogP contribution in [0.1, 0.15) is 31.4 Å². The van der Waals surface area contributed by atoms with Crippen LogP contribution in [0.2, 0.25) is 0 Å². The van der Waals surface area contributed by atoms with Crippen LogP contribution in [0.3, 0.4) is 0 Å². The molecule has 0 aliphatic heterocycles. The molecule has 1 unspecified atom stereocenters. The molecule has 3 heteroatoms. The fourth-order valence-electron chi connectivity index (χ4n) is 1.77. The van der Waals surface area contributed by atoms with E-state index in [1.807, 2.05) is 12.1 Å². The molecule has 0 amide bonds. The highest BCUT2D eigenvalue weighted by Gasteiger charge is 2.05. The first-order valence-corrected chi connectivity index (χ1v) is 6.70. The number of hydrogen-bond donors (Lipinski definition) is 1. The van der Waals surface area contributed by atoms with Crippen molar-refractivity contribution >= 4 is 0 Å². The molecule has 18 heavy (non-hydrogen) atoms. The van der Waals surface area contributed by atoms with Gasteiger partial charge in [-0.15, -0.1) is 0 Å². The van der Waals surface area contributed by atoms with E-state index in [1.54, 1.807) is 13.0 Å². The summed E-state index contributed by atoms with van der Waals surface area (Å²) in [6.07, 6.45) is 1.17. The number of nitrogens with zero attached hydrogens (tertiary/aromatic N) is 1. The van der Waals surface area contributed by atoms with Crippen molar-refractivity contribution < 1.29 is 4.39 Å². The first-order valence-electron chi connectivity index (χ1n) is 6.70. The molecule has 102 valence electrons. The molecule has 0 saturated heterocycles. The summed E-state index contributed by atoms with van der Waals surface area (Å²) >= 11 is 0. The highest BCUT2D eigenvalue weighted by molar-refractivity contribution is 5.23. The second-order valence-corrected chi connectivity index (χ2v) is 5.00. The summed E-state index contributed by atoms with van der Waals surface area (Å²) in [6.45, 7) is 8.89. The van der Waals surface area contributed by atoms with Crippen LogP contribution in [-0.4, -0.2) is 31.1 Å². The van der Waals surface area contributed by atoms with Crippen LogP contribution in [0.15, 0.2) is 18.2 Å². The minimum absolute atomic E-state index is 0.119. The third-order valence-corrected chi connectivity index (χ3v) is 3.55. The third-order valence-electron chi connectivity index (χ3n) is 3.55. The van der Waals surface area contributed by atoms with Gasteiger partial charge < -0.3 is 10.2 Å². The third kappa shape index (κ3) is 4.75. The van der Waals surface area contributed by atoms with Crippen molar-refractivity contribution in [3.8, 4) is 0 Å². The van der Waals surface area contributed by atoms with Crippen LogP contribution in [0.5, 0.6) is 0 Å². The van der Waals surface area contributed by atoms with Gasteiger partial charge in [-0.1, -0.05) is 19.1 Å². The number of benzene rings is 1. The molecule has 0 fully saturated rings. The summed E-state index contributed by atoms with van der Waals surface area (Å²) in [5.74, 6) is -0.119. The molecule has 0 bridgehead atoms. The summed E-state index contributed by atoms with van der Waals surface area (Å²) < 4.78 is 13.3. The zero-order valence-electron chi connectivity index (χ0n) is 12.0. The lowest BCUT2D eigenvalue weighted by Gasteiger charge is -2.23. The van der Waals surface area contributed by atoms with E-state index >= 15 is 0 Å². The SMILES string of the molecule is CCC(C)N(C)CCNCc1ccc(C)c(F)c1. The van der Waals surface area contributed by atoms with Crippen LogP contribution in [0, 0.1) is 12.7 Å². The Morgan fingerprint density at radius 3 is 2.72 bits per heavy atom. The highest BCUT2D eigenvalue weighted by Crippen LogP contribution is 2.08. The Bertz CT molecular complexity index is 366. The topological polar surface area (TPSA) is 15.3 Å². The van der Waals surface area contributed by atoms with Crippen LogP contribution in [0.25, 0.3) is 0 Å². The molecule has 0 aliphatic rings. The van der Waals surface area contributed by atoms with Gasteiger partial charge in [-0.3, -0.25) is 0 Å². The Hall–Kier alpha value is -0.930. The van der Waals surface area contributed by atoms with Gasteiger partial charge in [-0.05, 0) is 44.5 Å². The van der Waals surface area contributed by atoms with Gasteiger partial charge >= 0.3 is 0 Å². The molecule has 0 spiro atoms. The Labute approximate surface area is 110 Å². The largest absolute Gasteiger partial charge is 0.311 e. The van der Waals surface area contributed by atoms with Crippen LogP contribution >= 0.6 is 0 Å². The molecule has 1 rings (SSSR count). The fraction of sp³-hybridized carbons (Fsp3) is 0.600. The maximum atomic E-state index is 13.3. The monoisotopic (exact) mass is 252 g/mol. The maximum Gasteiger partial charge on any atom is 0.126 e. The van der Waals surface area contributed by atoms with Crippen molar-refractivity contribution in [2.75, 3.05) is 20.1 Å². The van der Waals surface area contributed by atoms with E-state index in [0.29, 0.717) is 11.6 Å². The molecule has 2 nitrogen and oxygen atoms in total. The van der Waals surface area contributed by atoms with E-state index in [2.05, 4.69) is 31.1 Å². The van der Waals surface area contributed by atoms with Gasteiger partial charge in [0, 0.05) is 25.7 Å². The molecular weight excluding hydrogens is 227 g/mol. The Balaban J connectivity index is 2.27. The minimum Gasteiger partial charge on any atom is -0.311 e. The summed E-state index contributed by atoms with van der Waals surface area (Å²) in [4.78, 5) is 2.34. The summed E-state index contributed by atoms with van der Waals surface area (Å²) in [5.41, 5.74) is 1.71. The first-order chi connectivity index (χ1) is 8.54. The van der Waals surface area contributed by atoms with E-state index in [-0.39, 0.29) is 5.82 Å². The van der Waals surface area contributed by atoms with Gasteiger partial charge in [0.2, 0.25) is 0 Å². The lowest BCUT2D eigenvalue weighted by molar-refractivity contribution is 0.251. The standard InChI is InChI=1S/C15H25FN2/c1-5-13(3)18(4)9-8-17-11-14-7-6-12(2)15(16)10-14/h6-7,10,13,17H,5,8-9,11H2,1-4H3. The molecule has 1 atom stereocenters. The molecule has 1 aromatic rings. The van der Waals surface area contributed by atoms with E-state index in [0.717, 1.165) is 25.2 Å². The van der Waals surface area contributed by atoms with Crippen molar-refractivity contribution in [2.45, 2.75) is 39.8 Å². The van der Waals surface area contributed by atoms with Gasteiger partial charge in [-0.25, -0.2) is 4.39 Å². The van der Waals surface area contributed by atoms with Gasteiger partial charge in [0.15, 0.2) is 0 Å². The predicted molar refractivity (Wildman–Crippen MR) is 75.2 cm³/mol. The van der Waals surface area contributed by atoms with Crippen molar-refractivity contribution in [1.29, 1.82) is 0 Å². The van der Waals surface area contributed by atoms with Crippen LogP contribution in [-0.2, 0) is 6.54 Å². The lowest BCUT2D eigenvalue weighted by atomic mass is 10.1. The minimum atomic E-state index is -0.119. The second kappa shape index (κ2) is 7.49. The molecule has 0 aliphatic carbocycles. The van der Waals surface area contributed by atoms with Gasteiger partial charge in [0.1, 0.15) is 5.82 Å². The number of aryl methyl sites for hydroxylation is 1. The van der Waals surface area contributed by atoms with Crippen molar-refractivity contribution in [1.82, 2.24) is 10.2 Å². The fourth-order valence-corrected chi connectivity index (χ4v) is 1.77. The molecular formula is C15H25FN2. The number of rotatable bonds is 7. The molecule has 1 aromatic carbocycles. The maximum absolute atomic E-state index is 13.3. The highest BCUT2D eigenvalue weighted by atomic mass is 19.1. The number of halogens is 1. The average Bonchev–Trinajstić information content (AvgIpc) is 2.37. The van der Waals surface area contributed by atoms with Crippen LogP contribution < -0.4 is 5.32 Å². The normalized spacial score (nSPS) is 13.0. The van der Waals surface area contributed by atoms with Gasteiger partial charge in [0.05, 0.1) is 0 Å². The second-order valence-electron chi connectivity index (χ2n) is 5.00. The van der Waals surface area contributed by atoms with Crippen molar-refractivity contribution in [3.63, 3.8) is 0 Å². The van der Waals surface area contributed by atoms with Crippen molar-refractivity contribution in [3.05, 3.63) is 35.1 Å². The molecule has 0 heterocycles. The number of likely N-dealkylation sites (N-methyl/N-ethyl adjacent to an activating group) is 1. The molecule has 0 aromatic heterocycles. The number of hydrogen-bond acceptors (Lipinski definition) is 2. The first kappa shape index (κ1) is 15.1. The van der Waals surface area contributed by atoms with Crippen molar-refractivity contribution in [2.24, 2.45) is 0 Å². The van der Waals surface area contributed by atoms with Gasteiger partial charge in [-0.2, -0.15) is 0 Å². The zero-order chi connectivity index (χ0) is 13.5. The van der Waals surface area contributed by atoms with Crippen LogP contribution in [0.4, 0.5) is 4.39 Å². The predicted octanol–water partition coefficient (Wildman–Crippen LogP) is 2.95. The lowest BCUT2D eigenvalue weighted by Crippen LogP contribution is -2.34. The molecule has 0 saturated carbocycles. The Morgan fingerprint density at radius 1 is 1.39 bits per heavy atom. The summed E-state index contributed by atoms with van der Waals surface area (Å²) in [6, 6.07) is 6.03. The van der Waals surface area contributed by atoms with E-state index in [1.165, 1.54) is 6.42 Å². The summed E-state index contributed by atoms with van der Waals surface area (Å²) in [7, 11) is 2.14. The number of nitrogens with one attached hydrogen (secondary N) is 1.